The van der Waals surface area contributed by atoms with E-state index in [9.17, 15) is 0 Å². The second-order valence-electron chi connectivity index (χ2n) is 3.19. The van der Waals surface area contributed by atoms with Gasteiger partial charge in [-0.1, -0.05) is 28.1 Å². The normalized spacial score (nSPS) is 10.6. The van der Waals surface area contributed by atoms with Gasteiger partial charge in [0.2, 0.25) is 0 Å². The highest BCUT2D eigenvalue weighted by Crippen LogP contribution is 2.20. The average Bonchev–Trinajstić information content (AvgIpc) is 2.60. The third-order valence-corrected chi connectivity index (χ3v) is 2.57. The van der Waals surface area contributed by atoms with Crippen LogP contribution < -0.4 is 5.73 Å². The van der Waals surface area contributed by atoms with Crippen LogP contribution in [0.3, 0.4) is 0 Å². The van der Waals surface area contributed by atoms with Crippen LogP contribution in [0, 0.1) is 0 Å². The smallest absolute Gasteiger partial charge is 0.164 e. The Hall–Kier alpha value is -1.20. The largest absolute Gasteiger partial charge is 0.324 e. The number of nitrogens with two attached hydrogens (primary N) is 1. The second kappa shape index (κ2) is 4.12. The van der Waals surface area contributed by atoms with Crippen LogP contribution >= 0.6 is 15.9 Å². The summed E-state index contributed by atoms with van der Waals surface area (Å²) in [6.07, 6.45) is 0. The van der Waals surface area contributed by atoms with E-state index in [2.05, 4.69) is 26.0 Å². The molecule has 1 aromatic heterocycles. The third kappa shape index (κ3) is 2.08. The molecule has 0 bridgehead atoms. The zero-order valence-electron chi connectivity index (χ0n) is 8.31. The molecule has 2 N–H and O–H groups in total. The molecular formula is C10H11BrN4. The maximum atomic E-state index is 5.49. The number of aromatic nitrogens is 3. The minimum atomic E-state index is 0.363. The van der Waals surface area contributed by atoms with Crippen molar-refractivity contribution >= 4 is 15.9 Å². The molecule has 5 heteroatoms. The lowest BCUT2D eigenvalue weighted by Gasteiger charge is -1.99. The lowest BCUT2D eigenvalue weighted by Crippen LogP contribution is -1.99. The summed E-state index contributed by atoms with van der Waals surface area (Å²) in [5.41, 5.74) is 6.52. The Labute approximate surface area is 96.3 Å². The Morgan fingerprint density at radius 2 is 2.27 bits per heavy atom. The fraction of sp³-hybridized carbons (Fsp3) is 0.200. The van der Waals surface area contributed by atoms with Crippen LogP contribution in [0.2, 0.25) is 0 Å². The molecule has 0 aliphatic rings. The van der Waals surface area contributed by atoms with Crippen molar-refractivity contribution in [1.82, 2.24) is 14.8 Å². The highest BCUT2D eigenvalue weighted by molar-refractivity contribution is 9.10. The molecule has 0 spiro atoms. The van der Waals surface area contributed by atoms with E-state index in [1.807, 2.05) is 31.3 Å². The molecule has 0 atom stereocenters. The number of halogens is 1. The molecule has 15 heavy (non-hydrogen) atoms. The molecule has 0 aliphatic heterocycles. The first kappa shape index (κ1) is 10.3. The van der Waals surface area contributed by atoms with E-state index in [0.717, 1.165) is 15.9 Å². The quantitative estimate of drug-likeness (QED) is 0.901. The summed E-state index contributed by atoms with van der Waals surface area (Å²) in [7, 11) is 1.86. The van der Waals surface area contributed by atoms with Gasteiger partial charge >= 0.3 is 0 Å². The summed E-state index contributed by atoms with van der Waals surface area (Å²) in [5, 5.41) is 4.20. The van der Waals surface area contributed by atoms with Crippen molar-refractivity contribution in [2.75, 3.05) is 0 Å². The van der Waals surface area contributed by atoms with Crippen LogP contribution in [-0.4, -0.2) is 14.8 Å². The summed E-state index contributed by atoms with van der Waals surface area (Å²) < 4.78 is 2.77. The number of nitrogens with zero attached hydrogens (tertiary/aromatic N) is 3. The van der Waals surface area contributed by atoms with E-state index < -0.39 is 0 Å². The summed E-state index contributed by atoms with van der Waals surface area (Å²) in [6, 6.07) is 7.94. The van der Waals surface area contributed by atoms with Gasteiger partial charge in [0.25, 0.3) is 0 Å². The second-order valence-corrected chi connectivity index (χ2v) is 4.11. The summed E-state index contributed by atoms with van der Waals surface area (Å²) in [4.78, 5) is 4.35. The van der Waals surface area contributed by atoms with Crippen molar-refractivity contribution in [3.05, 3.63) is 34.6 Å². The zero-order chi connectivity index (χ0) is 10.8. The lowest BCUT2D eigenvalue weighted by atomic mass is 10.2. The predicted molar refractivity (Wildman–Crippen MR) is 62.0 cm³/mol. The van der Waals surface area contributed by atoms with Gasteiger partial charge in [0.05, 0.1) is 6.54 Å². The Morgan fingerprint density at radius 3 is 2.87 bits per heavy atom. The minimum absolute atomic E-state index is 0.363. The van der Waals surface area contributed by atoms with Gasteiger partial charge in [-0.3, -0.25) is 0 Å². The highest BCUT2D eigenvalue weighted by atomic mass is 79.9. The van der Waals surface area contributed by atoms with Crippen molar-refractivity contribution in [3.8, 4) is 11.4 Å². The molecule has 1 heterocycles. The molecule has 78 valence electrons. The first-order chi connectivity index (χ1) is 7.20. The molecule has 0 saturated carbocycles. The minimum Gasteiger partial charge on any atom is -0.324 e. The molecular weight excluding hydrogens is 256 g/mol. The molecule has 1 aromatic carbocycles. The van der Waals surface area contributed by atoms with Gasteiger partial charge in [-0.2, -0.15) is 5.10 Å². The first-order valence-electron chi connectivity index (χ1n) is 4.56. The molecule has 0 fully saturated rings. The Kier molecular flexibility index (Phi) is 2.83. The SMILES string of the molecule is Cn1nc(CN)nc1-c1cccc(Br)c1. The Balaban J connectivity index is 2.48. The number of benzene rings is 1. The van der Waals surface area contributed by atoms with E-state index in [0.29, 0.717) is 12.4 Å². The zero-order valence-corrected chi connectivity index (χ0v) is 9.90. The number of aryl methyl sites for hydroxylation is 1. The fourth-order valence-corrected chi connectivity index (χ4v) is 1.80. The van der Waals surface area contributed by atoms with Crippen molar-refractivity contribution in [2.45, 2.75) is 6.54 Å². The van der Waals surface area contributed by atoms with E-state index in [1.165, 1.54) is 0 Å². The van der Waals surface area contributed by atoms with Gasteiger partial charge < -0.3 is 5.73 Å². The maximum absolute atomic E-state index is 5.49. The number of rotatable bonds is 2. The van der Waals surface area contributed by atoms with E-state index in [-0.39, 0.29) is 0 Å². The standard InChI is InChI=1S/C10H11BrN4/c1-15-10(13-9(6-12)14-15)7-3-2-4-8(11)5-7/h2-5H,6,12H2,1H3. The maximum Gasteiger partial charge on any atom is 0.164 e. The summed E-state index contributed by atoms with van der Waals surface area (Å²) in [6.45, 7) is 0.363. The van der Waals surface area contributed by atoms with Gasteiger partial charge in [0.1, 0.15) is 0 Å². The molecule has 0 radical (unpaired) electrons. The highest BCUT2D eigenvalue weighted by Gasteiger charge is 2.08. The van der Waals surface area contributed by atoms with E-state index in [1.54, 1.807) is 4.68 Å². The van der Waals surface area contributed by atoms with Gasteiger partial charge in [-0.25, -0.2) is 9.67 Å². The van der Waals surface area contributed by atoms with Crippen LogP contribution in [-0.2, 0) is 13.6 Å². The molecule has 0 saturated heterocycles. The van der Waals surface area contributed by atoms with Crippen molar-refractivity contribution in [3.63, 3.8) is 0 Å². The van der Waals surface area contributed by atoms with Gasteiger partial charge in [0.15, 0.2) is 11.6 Å². The van der Waals surface area contributed by atoms with Crippen LogP contribution in [0.4, 0.5) is 0 Å². The van der Waals surface area contributed by atoms with E-state index in [4.69, 9.17) is 5.73 Å². The first-order valence-corrected chi connectivity index (χ1v) is 5.36. The molecule has 2 aromatic rings. The lowest BCUT2D eigenvalue weighted by molar-refractivity contribution is 0.749. The topological polar surface area (TPSA) is 56.7 Å². The molecule has 4 nitrogen and oxygen atoms in total. The monoisotopic (exact) mass is 266 g/mol. The Morgan fingerprint density at radius 1 is 1.47 bits per heavy atom. The fourth-order valence-electron chi connectivity index (χ4n) is 1.40. The van der Waals surface area contributed by atoms with Crippen molar-refractivity contribution < 1.29 is 0 Å². The van der Waals surface area contributed by atoms with Gasteiger partial charge in [-0.15, -0.1) is 0 Å². The average molecular weight is 267 g/mol. The molecule has 0 aliphatic carbocycles. The summed E-state index contributed by atoms with van der Waals surface area (Å²) in [5.74, 6) is 1.49. The predicted octanol–water partition coefficient (Wildman–Crippen LogP) is 1.70. The van der Waals surface area contributed by atoms with Crippen LogP contribution in [0.5, 0.6) is 0 Å². The van der Waals surface area contributed by atoms with Gasteiger partial charge in [-0.05, 0) is 12.1 Å². The summed E-state index contributed by atoms with van der Waals surface area (Å²) >= 11 is 3.43. The molecule has 0 unspecified atom stereocenters. The number of hydrogen-bond donors (Lipinski definition) is 1. The van der Waals surface area contributed by atoms with Crippen LogP contribution in [0.15, 0.2) is 28.7 Å². The number of hydrogen-bond acceptors (Lipinski definition) is 3. The molecule has 0 amide bonds. The van der Waals surface area contributed by atoms with Crippen molar-refractivity contribution in [2.24, 2.45) is 12.8 Å². The van der Waals surface area contributed by atoms with Gasteiger partial charge in [0, 0.05) is 17.1 Å². The van der Waals surface area contributed by atoms with E-state index >= 15 is 0 Å². The third-order valence-electron chi connectivity index (χ3n) is 2.07. The Bertz CT molecular complexity index is 478. The van der Waals surface area contributed by atoms with Crippen LogP contribution in [0.1, 0.15) is 5.82 Å². The van der Waals surface area contributed by atoms with Crippen LogP contribution in [0.25, 0.3) is 11.4 Å². The van der Waals surface area contributed by atoms with Crippen molar-refractivity contribution in [1.29, 1.82) is 0 Å². The molecule has 2 rings (SSSR count).